The second-order valence-corrected chi connectivity index (χ2v) is 8.47. The lowest BCUT2D eigenvalue weighted by atomic mass is 9.84. The summed E-state index contributed by atoms with van der Waals surface area (Å²) in [7, 11) is 0. The molecule has 2 fully saturated rings. The molecule has 146 valence electrons. The maximum Gasteiger partial charge on any atom is 0.254 e. The van der Waals surface area contributed by atoms with Crippen molar-refractivity contribution in [2.24, 2.45) is 5.92 Å². The molecule has 1 aliphatic heterocycles. The van der Waals surface area contributed by atoms with Crippen LogP contribution in [0.25, 0.3) is 0 Å². The first-order chi connectivity index (χ1) is 13.5. The van der Waals surface area contributed by atoms with Crippen molar-refractivity contribution in [3.8, 4) is 0 Å². The normalized spacial score (nSPS) is 23.9. The second-order valence-electron chi connectivity index (χ2n) is 7.56. The standard InChI is InChI=1S/C22H22BrFN2O2/c23-16-10-11-18(17(24)13-16)25-21(27)20-12-15-8-4-5-9-19(15)26(20)22(28)14-6-2-1-3-7-14/h1-3,6-7,10-11,13,15,19-20H,4-5,8-9,12H2,(H,25,27). The molecule has 1 saturated carbocycles. The molecule has 0 spiro atoms. The van der Waals surface area contributed by atoms with Crippen LogP contribution >= 0.6 is 15.9 Å². The molecule has 3 atom stereocenters. The highest BCUT2D eigenvalue weighted by atomic mass is 79.9. The van der Waals surface area contributed by atoms with Crippen molar-refractivity contribution in [3.05, 3.63) is 64.4 Å². The molecule has 2 aromatic carbocycles. The van der Waals surface area contributed by atoms with Crippen LogP contribution in [-0.2, 0) is 4.79 Å². The highest BCUT2D eigenvalue weighted by molar-refractivity contribution is 9.10. The molecule has 0 aromatic heterocycles. The number of carbonyl (C=O) groups excluding carboxylic acids is 2. The van der Waals surface area contributed by atoms with E-state index < -0.39 is 11.9 Å². The maximum absolute atomic E-state index is 14.2. The summed E-state index contributed by atoms with van der Waals surface area (Å²) in [6, 6.07) is 13.1. The van der Waals surface area contributed by atoms with E-state index in [0.29, 0.717) is 22.4 Å². The van der Waals surface area contributed by atoms with Crippen LogP contribution in [0.15, 0.2) is 53.0 Å². The van der Waals surface area contributed by atoms with Gasteiger partial charge in [-0.3, -0.25) is 9.59 Å². The molecule has 2 amide bonds. The van der Waals surface area contributed by atoms with Gasteiger partial charge in [-0.25, -0.2) is 4.39 Å². The highest BCUT2D eigenvalue weighted by Gasteiger charge is 2.47. The number of rotatable bonds is 3. The molecule has 1 N–H and O–H groups in total. The number of nitrogens with one attached hydrogen (secondary N) is 1. The van der Waals surface area contributed by atoms with Crippen molar-refractivity contribution in [2.75, 3.05) is 5.32 Å². The molecule has 1 aliphatic carbocycles. The fraction of sp³-hybridized carbons (Fsp3) is 0.364. The average Bonchev–Trinajstić information content (AvgIpc) is 3.10. The minimum atomic E-state index is -0.580. The van der Waals surface area contributed by atoms with Crippen molar-refractivity contribution in [1.29, 1.82) is 0 Å². The molecular weight excluding hydrogens is 423 g/mol. The Hall–Kier alpha value is -2.21. The predicted octanol–water partition coefficient (Wildman–Crippen LogP) is 5.00. The summed E-state index contributed by atoms with van der Waals surface area (Å²) < 4.78 is 14.8. The van der Waals surface area contributed by atoms with Crippen molar-refractivity contribution >= 4 is 33.4 Å². The molecule has 1 saturated heterocycles. The summed E-state index contributed by atoms with van der Waals surface area (Å²) in [4.78, 5) is 28.1. The van der Waals surface area contributed by atoms with Crippen LogP contribution in [0.4, 0.5) is 10.1 Å². The van der Waals surface area contributed by atoms with E-state index in [0.717, 1.165) is 25.7 Å². The Balaban J connectivity index is 1.61. The van der Waals surface area contributed by atoms with Gasteiger partial charge in [0.1, 0.15) is 11.9 Å². The lowest BCUT2D eigenvalue weighted by molar-refractivity contribution is -0.120. The molecule has 6 heteroatoms. The molecule has 2 aliphatic rings. The molecule has 4 rings (SSSR count). The van der Waals surface area contributed by atoms with E-state index >= 15 is 0 Å². The Bertz CT molecular complexity index is 889. The zero-order chi connectivity index (χ0) is 19.7. The topological polar surface area (TPSA) is 49.4 Å². The fourth-order valence-electron chi connectivity index (χ4n) is 4.52. The van der Waals surface area contributed by atoms with Crippen LogP contribution in [0, 0.1) is 11.7 Å². The Morgan fingerprint density at radius 3 is 2.57 bits per heavy atom. The summed E-state index contributed by atoms with van der Waals surface area (Å²) in [6.07, 6.45) is 4.77. The molecule has 28 heavy (non-hydrogen) atoms. The quantitative estimate of drug-likeness (QED) is 0.723. The first-order valence-corrected chi connectivity index (χ1v) is 10.5. The average molecular weight is 445 g/mol. The summed E-state index contributed by atoms with van der Waals surface area (Å²) >= 11 is 3.22. The number of amides is 2. The lowest BCUT2D eigenvalue weighted by Crippen LogP contribution is -2.47. The highest BCUT2D eigenvalue weighted by Crippen LogP contribution is 2.41. The zero-order valence-electron chi connectivity index (χ0n) is 15.4. The molecule has 4 nitrogen and oxygen atoms in total. The number of hydrogen-bond acceptors (Lipinski definition) is 2. The minimum absolute atomic E-state index is 0.0759. The van der Waals surface area contributed by atoms with E-state index in [4.69, 9.17) is 0 Å². The van der Waals surface area contributed by atoms with Crippen LogP contribution in [0.3, 0.4) is 0 Å². The Labute approximate surface area is 172 Å². The molecule has 3 unspecified atom stereocenters. The van der Waals surface area contributed by atoms with Crippen LogP contribution in [0.1, 0.15) is 42.5 Å². The van der Waals surface area contributed by atoms with E-state index in [-0.39, 0.29) is 23.5 Å². The largest absolute Gasteiger partial charge is 0.323 e. The molecule has 0 bridgehead atoms. The van der Waals surface area contributed by atoms with Crippen LogP contribution < -0.4 is 5.32 Å². The summed E-state index contributed by atoms with van der Waals surface area (Å²) in [5.74, 6) is -0.614. The summed E-state index contributed by atoms with van der Waals surface area (Å²) in [5, 5.41) is 2.70. The van der Waals surface area contributed by atoms with Crippen molar-refractivity contribution < 1.29 is 14.0 Å². The smallest absolute Gasteiger partial charge is 0.254 e. The third-order valence-corrected chi connectivity index (χ3v) is 6.33. The van der Waals surface area contributed by atoms with Gasteiger partial charge in [-0.05, 0) is 55.5 Å². The van der Waals surface area contributed by atoms with Gasteiger partial charge in [0.15, 0.2) is 0 Å². The number of anilines is 1. The van der Waals surface area contributed by atoms with Gasteiger partial charge in [0, 0.05) is 16.1 Å². The van der Waals surface area contributed by atoms with E-state index in [9.17, 15) is 14.0 Å². The Kier molecular flexibility index (Phi) is 5.49. The summed E-state index contributed by atoms with van der Waals surface area (Å²) in [5.41, 5.74) is 0.719. The lowest BCUT2D eigenvalue weighted by Gasteiger charge is -2.33. The van der Waals surface area contributed by atoms with E-state index in [2.05, 4.69) is 21.2 Å². The van der Waals surface area contributed by atoms with Gasteiger partial charge >= 0.3 is 0 Å². The maximum atomic E-state index is 14.2. The number of fused-ring (bicyclic) bond motifs is 1. The predicted molar refractivity (Wildman–Crippen MR) is 109 cm³/mol. The first-order valence-electron chi connectivity index (χ1n) is 9.68. The molecule has 0 radical (unpaired) electrons. The minimum Gasteiger partial charge on any atom is -0.323 e. The van der Waals surface area contributed by atoms with E-state index in [1.807, 2.05) is 18.2 Å². The fourth-order valence-corrected chi connectivity index (χ4v) is 4.86. The number of halogens is 2. The third-order valence-electron chi connectivity index (χ3n) is 5.83. The van der Waals surface area contributed by atoms with Gasteiger partial charge in [-0.1, -0.05) is 47.0 Å². The van der Waals surface area contributed by atoms with Crippen molar-refractivity contribution in [2.45, 2.75) is 44.2 Å². The number of carbonyl (C=O) groups is 2. The van der Waals surface area contributed by atoms with Crippen LogP contribution in [0.2, 0.25) is 0 Å². The summed E-state index contributed by atoms with van der Waals surface area (Å²) in [6.45, 7) is 0. The van der Waals surface area contributed by atoms with E-state index in [1.54, 1.807) is 23.1 Å². The monoisotopic (exact) mass is 444 g/mol. The van der Waals surface area contributed by atoms with Crippen molar-refractivity contribution in [1.82, 2.24) is 4.90 Å². The van der Waals surface area contributed by atoms with Gasteiger partial charge < -0.3 is 10.2 Å². The Morgan fingerprint density at radius 1 is 1.07 bits per heavy atom. The SMILES string of the molecule is O=C(Nc1ccc(Br)cc1F)C1CC2CCCCC2N1C(=O)c1ccccc1. The number of nitrogens with zero attached hydrogens (tertiary/aromatic N) is 1. The van der Waals surface area contributed by atoms with Gasteiger partial charge in [0.2, 0.25) is 5.91 Å². The van der Waals surface area contributed by atoms with Crippen LogP contribution in [-0.4, -0.2) is 28.8 Å². The molecular formula is C22H22BrFN2O2. The zero-order valence-corrected chi connectivity index (χ0v) is 17.0. The van der Waals surface area contributed by atoms with Crippen molar-refractivity contribution in [3.63, 3.8) is 0 Å². The number of likely N-dealkylation sites (tertiary alicyclic amines) is 1. The second kappa shape index (κ2) is 8.03. The third kappa shape index (κ3) is 3.70. The van der Waals surface area contributed by atoms with Gasteiger partial charge in [-0.2, -0.15) is 0 Å². The Morgan fingerprint density at radius 2 is 1.82 bits per heavy atom. The van der Waals surface area contributed by atoms with Crippen LogP contribution in [0.5, 0.6) is 0 Å². The van der Waals surface area contributed by atoms with Gasteiger partial charge in [-0.15, -0.1) is 0 Å². The number of hydrogen-bond donors (Lipinski definition) is 1. The molecule has 2 aromatic rings. The first kappa shape index (κ1) is 19.1. The van der Waals surface area contributed by atoms with Gasteiger partial charge in [0.25, 0.3) is 5.91 Å². The van der Waals surface area contributed by atoms with Gasteiger partial charge in [0.05, 0.1) is 5.69 Å². The number of benzene rings is 2. The van der Waals surface area contributed by atoms with E-state index in [1.165, 1.54) is 12.1 Å². The molecule has 1 heterocycles.